The minimum atomic E-state index is -0.0939. The van der Waals surface area contributed by atoms with Crippen molar-refractivity contribution in [1.29, 1.82) is 0 Å². The molecule has 1 saturated heterocycles. The van der Waals surface area contributed by atoms with Gasteiger partial charge in [0, 0.05) is 25.1 Å². The Morgan fingerprint density at radius 2 is 1.96 bits per heavy atom. The molecule has 0 bridgehead atoms. The van der Waals surface area contributed by atoms with Crippen molar-refractivity contribution in [2.24, 2.45) is 0 Å². The fourth-order valence-corrected chi connectivity index (χ4v) is 4.24. The summed E-state index contributed by atoms with van der Waals surface area (Å²) >= 11 is 0. The Labute approximate surface area is 147 Å². The predicted molar refractivity (Wildman–Crippen MR) is 95.7 cm³/mol. The summed E-state index contributed by atoms with van der Waals surface area (Å²) in [7, 11) is 0. The maximum Gasteiger partial charge on any atom is 0.251 e. The molecule has 1 aliphatic carbocycles. The molecule has 1 aromatic heterocycles. The third-order valence-electron chi connectivity index (χ3n) is 5.54. The highest BCUT2D eigenvalue weighted by Gasteiger charge is 2.33. The summed E-state index contributed by atoms with van der Waals surface area (Å²) in [4.78, 5) is 33.8. The van der Waals surface area contributed by atoms with Crippen LogP contribution in [0.4, 0.5) is 0 Å². The number of carbonyl (C=O) groups is 1. The van der Waals surface area contributed by atoms with Crippen molar-refractivity contribution in [2.45, 2.75) is 44.4 Å². The molecule has 5 nitrogen and oxygen atoms in total. The lowest BCUT2D eigenvalue weighted by molar-refractivity contribution is -0.133. The van der Waals surface area contributed by atoms with Gasteiger partial charge >= 0.3 is 0 Å². The number of carbonyl (C=O) groups excluding carboxylic acids is 1. The second-order valence-corrected chi connectivity index (χ2v) is 7.15. The molecule has 130 valence electrons. The Balaban J connectivity index is 1.44. The van der Waals surface area contributed by atoms with Gasteiger partial charge in [-0.05, 0) is 43.7 Å². The SMILES string of the molecule is Cc1nc(C2CCN(C(=O)C3CCc4ccccc43)CC2)cc(=O)[nH]1. The first-order valence-electron chi connectivity index (χ1n) is 9.06. The van der Waals surface area contributed by atoms with Gasteiger partial charge in [-0.3, -0.25) is 9.59 Å². The summed E-state index contributed by atoms with van der Waals surface area (Å²) in [5.41, 5.74) is 3.29. The van der Waals surface area contributed by atoms with E-state index in [1.54, 1.807) is 13.0 Å². The molecule has 2 aromatic rings. The lowest BCUT2D eigenvalue weighted by Gasteiger charge is -2.33. The molecular weight excluding hydrogens is 314 g/mol. The number of nitrogens with one attached hydrogen (secondary N) is 1. The van der Waals surface area contributed by atoms with Gasteiger partial charge in [-0.15, -0.1) is 0 Å². The number of aromatic amines is 1. The molecule has 2 aliphatic rings. The molecule has 1 aromatic carbocycles. The zero-order valence-electron chi connectivity index (χ0n) is 14.5. The Morgan fingerprint density at radius 3 is 2.72 bits per heavy atom. The average Bonchev–Trinajstić information content (AvgIpc) is 3.04. The first-order valence-corrected chi connectivity index (χ1v) is 9.06. The highest BCUT2D eigenvalue weighted by molar-refractivity contribution is 5.85. The van der Waals surface area contributed by atoms with E-state index in [4.69, 9.17) is 0 Å². The Morgan fingerprint density at radius 1 is 1.20 bits per heavy atom. The van der Waals surface area contributed by atoms with E-state index in [-0.39, 0.29) is 23.3 Å². The van der Waals surface area contributed by atoms with Crippen molar-refractivity contribution in [3.05, 3.63) is 63.3 Å². The zero-order chi connectivity index (χ0) is 17.4. The van der Waals surface area contributed by atoms with Gasteiger partial charge in [0.15, 0.2) is 0 Å². The third kappa shape index (κ3) is 3.11. The van der Waals surface area contributed by atoms with Crippen molar-refractivity contribution >= 4 is 5.91 Å². The number of hydrogen-bond acceptors (Lipinski definition) is 3. The summed E-state index contributed by atoms with van der Waals surface area (Å²) in [5.74, 6) is 1.20. The van der Waals surface area contributed by atoms with E-state index in [2.05, 4.69) is 22.1 Å². The number of likely N-dealkylation sites (tertiary alicyclic amines) is 1. The monoisotopic (exact) mass is 337 g/mol. The van der Waals surface area contributed by atoms with Gasteiger partial charge < -0.3 is 9.88 Å². The number of nitrogens with zero attached hydrogens (tertiary/aromatic N) is 2. The van der Waals surface area contributed by atoms with Crippen LogP contribution in [0.15, 0.2) is 35.1 Å². The molecule has 1 fully saturated rings. The standard InChI is InChI=1S/C20H23N3O2/c1-13-21-18(12-19(24)22-13)15-8-10-23(11-9-15)20(25)17-7-6-14-4-2-3-5-16(14)17/h2-5,12,15,17H,6-11H2,1H3,(H,21,22,24). The van der Waals surface area contributed by atoms with Gasteiger partial charge in [0.1, 0.15) is 5.82 Å². The van der Waals surface area contributed by atoms with Crippen molar-refractivity contribution in [3.63, 3.8) is 0 Å². The fraction of sp³-hybridized carbons (Fsp3) is 0.450. The van der Waals surface area contributed by atoms with Gasteiger partial charge in [0.25, 0.3) is 5.56 Å². The predicted octanol–water partition coefficient (Wildman–Crippen LogP) is 2.51. The number of fused-ring (bicyclic) bond motifs is 1. The second kappa shape index (κ2) is 6.47. The van der Waals surface area contributed by atoms with Gasteiger partial charge in [0.05, 0.1) is 11.6 Å². The third-order valence-corrected chi connectivity index (χ3v) is 5.54. The number of amides is 1. The molecule has 2 heterocycles. The quantitative estimate of drug-likeness (QED) is 0.916. The van der Waals surface area contributed by atoms with E-state index in [0.29, 0.717) is 5.82 Å². The number of rotatable bonds is 2. The van der Waals surface area contributed by atoms with Crippen LogP contribution in [0.1, 0.15) is 53.7 Å². The molecule has 4 rings (SSSR count). The molecule has 1 amide bonds. The van der Waals surface area contributed by atoms with Gasteiger partial charge in [-0.1, -0.05) is 24.3 Å². The first-order chi connectivity index (χ1) is 12.1. The molecule has 1 atom stereocenters. The van der Waals surface area contributed by atoms with Crippen molar-refractivity contribution in [1.82, 2.24) is 14.9 Å². The molecule has 0 radical (unpaired) electrons. The van der Waals surface area contributed by atoms with Crippen LogP contribution in [0.2, 0.25) is 0 Å². The molecule has 0 saturated carbocycles. The van der Waals surface area contributed by atoms with Crippen LogP contribution in [-0.4, -0.2) is 33.9 Å². The molecule has 1 aliphatic heterocycles. The van der Waals surface area contributed by atoms with E-state index in [1.807, 2.05) is 17.0 Å². The van der Waals surface area contributed by atoms with E-state index in [9.17, 15) is 9.59 Å². The molecular formula is C20H23N3O2. The zero-order valence-corrected chi connectivity index (χ0v) is 14.5. The maximum atomic E-state index is 13.0. The first kappa shape index (κ1) is 16.1. The summed E-state index contributed by atoms with van der Waals surface area (Å²) in [6.45, 7) is 3.30. The van der Waals surface area contributed by atoms with Crippen LogP contribution < -0.4 is 5.56 Å². The summed E-state index contributed by atoms with van der Waals surface area (Å²) in [6, 6.07) is 9.91. The van der Waals surface area contributed by atoms with Crippen LogP contribution in [0, 0.1) is 6.92 Å². The van der Waals surface area contributed by atoms with Gasteiger partial charge in [-0.2, -0.15) is 0 Å². The van der Waals surface area contributed by atoms with Crippen molar-refractivity contribution in [2.75, 3.05) is 13.1 Å². The topological polar surface area (TPSA) is 66.1 Å². The lowest BCUT2D eigenvalue weighted by atomic mass is 9.91. The molecule has 1 unspecified atom stereocenters. The molecule has 25 heavy (non-hydrogen) atoms. The number of aromatic nitrogens is 2. The number of benzene rings is 1. The summed E-state index contributed by atoms with van der Waals surface area (Å²) in [5, 5.41) is 0. The number of hydrogen-bond donors (Lipinski definition) is 1. The van der Waals surface area contributed by atoms with Crippen LogP contribution in [-0.2, 0) is 11.2 Å². The van der Waals surface area contributed by atoms with Crippen LogP contribution >= 0.6 is 0 Å². The molecule has 5 heteroatoms. The minimum absolute atomic E-state index is 0.0210. The number of piperidine rings is 1. The van der Waals surface area contributed by atoms with Gasteiger partial charge in [-0.25, -0.2) is 4.98 Å². The Hall–Kier alpha value is -2.43. The Kier molecular flexibility index (Phi) is 4.15. The summed E-state index contributed by atoms with van der Waals surface area (Å²) in [6.07, 6.45) is 3.66. The average molecular weight is 337 g/mol. The number of H-pyrrole nitrogens is 1. The minimum Gasteiger partial charge on any atom is -0.342 e. The van der Waals surface area contributed by atoms with E-state index in [1.165, 1.54) is 11.1 Å². The summed E-state index contributed by atoms with van der Waals surface area (Å²) < 4.78 is 0. The smallest absolute Gasteiger partial charge is 0.251 e. The van der Waals surface area contributed by atoms with Crippen LogP contribution in [0.25, 0.3) is 0 Å². The molecule has 1 N–H and O–H groups in total. The van der Waals surface area contributed by atoms with E-state index in [0.717, 1.165) is 44.5 Å². The highest BCUT2D eigenvalue weighted by Crippen LogP contribution is 2.35. The lowest BCUT2D eigenvalue weighted by Crippen LogP contribution is -2.40. The largest absolute Gasteiger partial charge is 0.342 e. The fourth-order valence-electron chi connectivity index (χ4n) is 4.24. The highest BCUT2D eigenvalue weighted by atomic mass is 16.2. The maximum absolute atomic E-state index is 13.0. The number of aryl methyl sites for hydroxylation is 2. The van der Waals surface area contributed by atoms with Crippen LogP contribution in [0.3, 0.4) is 0 Å². The second-order valence-electron chi connectivity index (χ2n) is 7.15. The molecule has 0 spiro atoms. The van der Waals surface area contributed by atoms with E-state index < -0.39 is 0 Å². The van der Waals surface area contributed by atoms with Gasteiger partial charge in [0.2, 0.25) is 5.91 Å². The van der Waals surface area contributed by atoms with Crippen molar-refractivity contribution in [3.8, 4) is 0 Å². The van der Waals surface area contributed by atoms with Crippen molar-refractivity contribution < 1.29 is 4.79 Å². The normalized spacial score (nSPS) is 20.5. The van der Waals surface area contributed by atoms with Crippen LogP contribution in [0.5, 0.6) is 0 Å². The Bertz CT molecular complexity index is 850. The van der Waals surface area contributed by atoms with E-state index >= 15 is 0 Å².